The summed E-state index contributed by atoms with van der Waals surface area (Å²) in [4.78, 5) is 11.7. The van der Waals surface area contributed by atoms with Gasteiger partial charge < -0.3 is 5.11 Å². The zero-order chi connectivity index (χ0) is 24.2. The fourth-order valence-electron chi connectivity index (χ4n) is 4.83. The zero-order valence-corrected chi connectivity index (χ0v) is 23.0. The smallest absolute Gasteiger partial charge is 0.132 e. The number of hydrogen-bond acceptors (Lipinski definition) is 2. The van der Waals surface area contributed by atoms with E-state index in [1.165, 1.54) is 135 Å². The number of aliphatic hydroxyl groups is 1. The Morgan fingerprint density at radius 2 is 0.727 bits per heavy atom. The van der Waals surface area contributed by atoms with Crippen LogP contribution in [0.25, 0.3) is 0 Å². The molecule has 0 aliphatic heterocycles. The number of hydrogen-bond donors (Lipinski definition) is 1. The summed E-state index contributed by atoms with van der Waals surface area (Å²) in [5, 5.41) is 10.1. The third-order valence-electron chi connectivity index (χ3n) is 7.19. The highest BCUT2D eigenvalue weighted by Crippen LogP contribution is 2.16. The summed E-state index contributed by atoms with van der Waals surface area (Å²) in [6.07, 6.45) is 33.8. The Morgan fingerprint density at radius 1 is 0.455 bits per heavy atom. The van der Waals surface area contributed by atoms with E-state index < -0.39 is 0 Å². The molecule has 0 spiro atoms. The number of carbonyl (C=O) groups is 1. The van der Waals surface area contributed by atoms with Gasteiger partial charge in [0.05, 0.1) is 6.10 Å². The van der Waals surface area contributed by atoms with Gasteiger partial charge in [0.2, 0.25) is 0 Å². The van der Waals surface area contributed by atoms with Crippen molar-refractivity contribution in [3.05, 3.63) is 0 Å². The topological polar surface area (TPSA) is 37.3 Å². The van der Waals surface area contributed by atoms with Gasteiger partial charge in [-0.25, -0.2) is 0 Å². The van der Waals surface area contributed by atoms with Crippen LogP contribution in [0.5, 0.6) is 0 Å². The van der Waals surface area contributed by atoms with Crippen molar-refractivity contribution in [2.45, 2.75) is 193 Å². The van der Waals surface area contributed by atoms with Crippen molar-refractivity contribution in [1.29, 1.82) is 0 Å². The maximum atomic E-state index is 11.7. The zero-order valence-electron chi connectivity index (χ0n) is 23.0. The molecule has 0 aromatic heterocycles. The summed E-state index contributed by atoms with van der Waals surface area (Å²) in [6.45, 7) is 4.45. The molecular weight excluding hydrogens is 404 g/mol. The van der Waals surface area contributed by atoms with Crippen molar-refractivity contribution in [3.63, 3.8) is 0 Å². The van der Waals surface area contributed by atoms with E-state index in [2.05, 4.69) is 13.8 Å². The second-order valence-corrected chi connectivity index (χ2v) is 10.7. The highest BCUT2D eigenvalue weighted by molar-refractivity contribution is 5.78. The number of unbranched alkanes of at least 4 members (excludes halogenated alkanes) is 20. The van der Waals surface area contributed by atoms with E-state index in [0.717, 1.165) is 38.5 Å². The number of aliphatic hydroxyl groups excluding tert-OH is 1. The van der Waals surface area contributed by atoms with Crippen LogP contribution >= 0.6 is 0 Å². The van der Waals surface area contributed by atoms with Gasteiger partial charge in [-0.2, -0.15) is 0 Å². The van der Waals surface area contributed by atoms with Crippen LogP contribution in [-0.4, -0.2) is 17.0 Å². The molecule has 2 heteroatoms. The first-order valence-corrected chi connectivity index (χ1v) is 15.4. The third kappa shape index (κ3) is 27.8. The Kier molecular flexibility index (Phi) is 27.6. The van der Waals surface area contributed by atoms with Crippen molar-refractivity contribution in [3.8, 4) is 0 Å². The molecule has 0 aromatic rings. The monoisotopic (exact) mass is 466 g/mol. The average Bonchev–Trinajstić information content (AvgIpc) is 2.81. The van der Waals surface area contributed by atoms with Crippen molar-refractivity contribution < 1.29 is 9.90 Å². The van der Waals surface area contributed by atoms with Gasteiger partial charge in [-0.3, -0.25) is 4.79 Å². The van der Waals surface area contributed by atoms with Crippen LogP contribution in [0.4, 0.5) is 0 Å². The van der Waals surface area contributed by atoms with E-state index in [-0.39, 0.29) is 6.10 Å². The Morgan fingerprint density at radius 3 is 1.12 bits per heavy atom. The minimum Gasteiger partial charge on any atom is -0.393 e. The van der Waals surface area contributed by atoms with E-state index in [1.54, 1.807) is 0 Å². The first kappa shape index (κ1) is 32.6. The summed E-state index contributed by atoms with van der Waals surface area (Å²) in [6, 6.07) is 0. The van der Waals surface area contributed by atoms with Crippen LogP contribution in [0.1, 0.15) is 187 Å². The molecule has 0 aliphatic carbocycles. The van der Waals surface area contributed by atoms with Crippen LogP contribution in [0.2, 0.25) is 0 Å². The number of Topliss-reactive ketones (excluding diaryl/α,β-unsaturated/α-hetero) is 1. The van der Waals surface area contributed by atoms with E-state index in [0.29, 0.717) is 5.78 Å². The molecule has 0 aromatic carbocycles. The standard InChI is InChI=1S/C31H62O2/c1-3-5-7-19-23-27-31(33)29-25-21-18-16-14-12-10-8-9-11-13-15-17-20-24-28-30(32)26-22-6-4-2/h31,33H,3-29H2,1-2H3. The number of carbonyl (C=O) groups excluding carboxylic acids is 1. The molecule has 1 N–H and O–H groups in total. The SMILES string of the molecule is CCCCCCCC(O)CCCCCCCCCCCCCCCCCC(=O)CCCCC. The van der Waals surface area contributed by atoms with Crippen molar-refractivity contribution >= 4 is 5.78 Å². The largest absolute Gasteiger partial charge is 0.393 e. The van der Waals surface area contributed by atoms with E-state index in [4.69, 9.17) is 0 Å². The van der Waals surface area contributed by atoms with Crippen molar-refractivity contribution in [2.75, 3.05) is 0 Å². The van der Waals surface area contributed by atoms with Crippen LogP contribution in [0.15, 0.2) is 0 Å². The van der Waals surface area contributed by atoms with Crippen LogP contribution < -0.4 is 0 Å². The van der Waals surface area contributed by atoms with Crippen LogP contribution in [0, 0.1) is 0 Å². The molecule has 2 nitrogen and oxygen atoms in total. The molecule has 0 saturated heterocycles. The Labute approximate surface area is 209 Å². The van der Waals surface area contributed by atoms with Gasteiger partial charge in [-0.05, 0) is 25.7 Å². The van der Waals surface area contributed by atoms with Crippen LogP contribution in [-0.2, 0) is 4.79 Å². The molecule has 0 bridgehead atoms. The summed E-state index contributed by atoms with van der Waals surface area (Å²) in [5.74, 6) is 0.491. The van der Waals surface area contributed by atoms with E-state index >= 15 is 0 Å². The maximum absolute atomic E-state index is 11.7. The molecule has 33 heavy (non-hydrogen) atoms. The molecule has 0 rings (SSSR count). The fraction of sp³-hybridized carbons (Fsp3) is 0.968. The molecule has 0 radical (unpaired) electrons. The third-order valence-corrected chi connectivity index (χ3v) is 7.19. The Bertz CT molecular complexity index is 379. The van der Waals surface area contributed by atoms with Gasteiger partial charge >= 0.3 is 0 Å². The van der Waals surface area contributed by atoms with Gasteiger partial charge in [-0.1, -0.05) is 149 Å². The Balaban J connectivity index is 3.15. The average molecular weight is 467 g/mol. The minimum absolute atomic E-state index is 0.0452. The van der Waals surface area contributed by atoms with Crippen LogP contribution in [0.3, 0.4) is 0 Å². The summed E-state index contributed by atoms with van der Waals surface area (Å²) in [5.41, 5.74) is 0. The lowest BCUT2D eigenvalue weighted by Gasteiger charge is -2.10. The summed E-state index contributed by atoms with van der Waals surface area (Å²) < 4.78 is 0. The second kappa shape index (κ2) is 27.9. The van der Waals surface area contributed by atoms with Crippen molar-refractivity contribution in [1.82, 2.24) is 0 Å². The molecule has 1 unspecified atom stereocenters. The maximum Gasteiger partial charge on any atom is 0.132 e. The summed E-state index contributed by atoms with van der Waals surface area (Å²) in [7, 11) is 0. The fourth-order valence-corrected chi connectivity index (χ4v) is 4.83. The first-order chi connectivity index (χ1) is 16.2. The highest BCUT2D eigenvalue weighted by atomic mass is 16.3. The quantitative estimate of drug-likeness (QED) is 0.116. The number of ketones is 1. The molecule has 0 fully saturated rings. The predicted octanol–water partition coefficient (Wildman–Crippen LogP) is 10.5. The molecule has 0 aliphatic rings. The molecular formula is C31H62O2. The molecule has 0 amide bonds. The van der Waals surface area contributed by atoms with Gasteiger partial charge in [0.15, 0.2) is 0 Å². The van der Waals surface area contributed by atoms with Gasteiger partial charge in [-0.15, -0.1) is 0 Å². The molecule has 0 saturated carbocycles. The normalized spacial score (nSPS) is 12.3. The molecule has 1 atom stereocenters. The minimum atomic E-state index is -0.0452. The molecule has 198 valence electrons. The second-order valence-electron chi connectivity index (χ2n) is 10.7. The summed E-state index contributed by atoms with van der Waals surface area (Å²) >= 11 is 0. The van der Waals surface area contributed by atoms with Gasteiger partial charge in [0, 0.05) is 12.8 Å². The highest BCUT2D eigenvalue weighted by Gasteiger charge is 2.04. The number of rotatable bonds is 28. The Hall–Kier alpha value is -0.370. The van der Waals surface area contributed by atoms with Crippen molar-refractivity contribution in [2.24, 2.45) is 0 Å². The molecule has 0 heterocycles. The lowest BCUT2D eigenvalue weighted by molar-refractivity contribution is -0.119. The lowest BCUT2D eigenvalue weighted by Crippen LogP contribution is -2.05. The van der Waals surface area contributed by atoms with Gasteiger partial charge in [0.1, 0.15) is 5.78 Å². The lowest BCUT2D eigenvalue weighted by atomic mass is 10.0. The van der Waals surface area contributed by atoms with E-state index in [9.17, 15) is 9.90 Å². The first-order valence-electron chi connectivity index (χ1n) is 15.4. The van der Waals surface area contributed by atoms with Gasteiger partial charge in [0.25, 0.3) is 0 Å². The van der Waals surface area contributed by atoms with E-state index in [1.807, 2.05) is 0 Å². The predicted molar refractivity (Wildman–Crippen MR) is 147 cm³/mol.